The molecule has 4 rings (SSSR count). The van der Waals surface area contributed by atoms with Crippen LogP contribution in [0, 0.1) is 0 Å². The summed E-state index contributed by atoms with van der Waals surface area (Å²) in [5, 5.41) is 17.5. The number of nitrogens with zero attached hydrogens (tertiary/aromatic N) is 4. The molecule has 3 aromatic rings. The molecule has 6 nitrogen and oxygen atoms in total. The minimum Gasteiger partial charge on any atom is -0.478 e. The fourth-order valence-electron chi connectivity index (χ4n) is 3.30. The molecule has 0 unspecified atom stereocenters. The van der Waals surface area contributed by atoms with E-state index in [0.29, 0.717) is 5.69 Å². The predicted octanol–water partition coefficient (Wildman–Crippen LogP) is 3.62. The normalized spacial score (nSPS) is 14.4. The summed E-state index contributed by atoms with van der Waals surface area (Å²) >= 11 is 0. The Kier molecular flexibility index (Phi) is 4.39. The van der Waals surface area contributed by atoms with Crippen molar-refractivity contribution in [2.75, 3.05) is 18.0 Å². The first-order chi connectivity index (χ1) is 12.7. The fraction of sp³-hybridized carbons (Fsp3) is 0.250. The van der Waals surface area contributed by atoms with E-state index in [1.165, 1.54) is 24.9 Å². The Bertz CT molecular complexity index is 912. The zero-order valence-corrected chi connectivity index (χ0v) is 14.4. The van der Waals surface area contributed by atoms with Crippen molar-refractivity contribution in [1.29, 1.82) is 0 Å². The zero-order valence-electron chi connectivity index (χ0n) is 14.4. The second-order valence-electron chi connectivity index (χ2n) is 6.50. The van der Waals surface area contributed by atoms with Gasteiger partial charge in [0, 0.05) is 24.3 Å². The van der Waals surface area contributed by atoms with E-state index in [1.54, 1.807) is 22.9 Å². The predicted molar refractivity (Wildman–Crippen MR) is 99.8 cm³/mol. The van der Waals surface area contributed by atoms with Gasteiger partial charge in [0.1, 0.15) is 5.69 Å². The summed E-state index contributed by atoms with van der Waals surface area (Å²) in [6.07, 6.45) is 5.65. The smallest absolute Gasteiger partial charge is 0.335 e. The van der Waals surface area contributed by atoms with Gasteiger partial charge in [-0.25, -0.2) is 9.48 Å². The van der Waals surface area contributed by atoms with Crippen molar-refractivity contribution in [3.05, 3.63) is 60.3 Å². The second kappa shape index (κ2) is 7.00. The summed E-state index contributed by atoms with van der Waals surface area (Å²) < 4.78 is 1.60. The lowest BCUT2D eigenvalue weighted by molar-refractivity contribution is 0.0697. The monoisotopic (exact) mass is 348 g/mol. The van der Waals surface area contributed by atoms with Crippen LogP contribution in [0.3, 0.4) is 0 Å². The molecule has 0 saturated carbocycles. The molecular weight excluding hydrogens is 328 g/mol. The van der Waals surface area contributed by atoms with Crippen molar-refractivity contribution in [1.82, 2.24) is 15.0 Å². The Morgan fingerprint density at radius 1 is 0.962 bits per heavy atom. The van der Waals surface area contributed by atoms with Crippen molar-refractivity contribution < 1.29 is 9.90 Å². The third-order valence-corrected chi connectivity index (χ3v) is 4.74. The molecule has 0 aliphatic carbocycles. The lowest BCUT2D eigenvalue weighted by Gasteiger charge is -2.28. The van der Waals surface area contributed by atoms with Gasteiger partial charge in [-0.05, 0) is 49.6 Å². The highest BCUT2D eigenvalue weighted by atomic mass is 16.4. The van der Waals surface area contributed by atoms with Gasteiger partial charge < -0.3 is 10.0 Å². The topological polar surface area (TPSA) is 71.2 Å². The first-order valence-electron chi connectivity index (χ1n) is 8.82. The van der Waals surface area contributed by atoms with Crippen LogP contribution < -0.4 is 4.90 Å². The Balaban J connectivity index is 1.56. The van der Waals surface area contributed by atoms with E-state index in [4.69, 9.17) is 5.11 Å². The molecule has 26 heavy (non-hydrogen) atoms. The summed E-state index contributed by atoms with van der Waals surface area (Å²) in [6.45, 7) is 2.24. The van der Waals surface area contributed by atoms with E-state index >= 15 is 0 Å². The lowest BCUT2D eigenvalue weighted by atomic mass is 10.1. The second-order valence-corrected chi connectivity index (χ2v) is 6.50. The highest BCUT2D eigenvalue weighted by molar-refractivity contribution is 5.88. The van der Waals surface area contributed by atoms with E-state index in [9.17, 15) is 4.79 Å². The van der Waals surface area contributed by atoms with Crippen molar-refractivity contribution >= 4 is 11.7 Å². The number of hydrogen-bond donors (Lipinski definition) is 1. The first kappa shape index (κ1) is 16.3. The molecule has 6 heteroatoms. The van der Waals surface area contributed by atoms with Crippen LogP contribution in [0.2, 0.25) is 0 Å². The summed E-state index contributed by atoms with van der Waals surface area (Å²) in [6, 6.07) is 15.0. The first-order valence-corrected chi connectivity index (χ1v) is 8.82. The zero-order chi connectivity index (χ0) is 17.9. The van der Waals surface area contributed by atoms with E-state index in [0.717, 1.165) is 24.3 Å². The largest absolute Gasteiger partial charge is 0.478 e. The SMILES string of the molecule is O=C(O)c1cccc(-n2cc(-c3ccc(N4CCCCC4)cc3)nn2)c1. The van der Waals surface area contributed by atoms with Gasteiger partial charge in [0.2, 0.25) is 0 Å². The molecule has 1 aromatic heterocycles. The highest BCUT2D eigenvalue weighted by Gasteiger charge is 2.12. The van der Waals surface area contributed by atoms with Gasteiger partial charge in [-0.1, -0.05) is 23.4 Å². The van der Waals surface area contributed by atoms with Crippen molar-refractivity contribution in [2.45, 2.75) is 19.3 Å². The molecule has 1 fully saturated rings. The van der Waals surface area contributed by atoms with Crippen LogP contribution in [-0.4, -0.2) is 39.2 Å². The number of benzene rings is 2. The molecule has 0 bridgehead atoms. The molecular formula is C20H20N4O2. The maximum atomic E-state index is 11.1. The van der Waals surface area contributed by atoms with Crippen LogP contribution in [0.4, 0.5) is 5.69 Å². The van der Waals surface area contributed by atoms with Gasteiger partial charge in [-0.15, -0.1) is 5.10 Å². The number of carbonyl (C=O) groups is 1. The number of piperidine rings is 1. The van der Waals surface area contributed by atoms with Gasteiger partial charge in [-0.3, -0.25) is 0 Å². The molecule has 1 N–H and O–H groups in total. The minimum atomic E-state index is -0.958. The van der Waals surface area contributed by atoms with E-state index in [2.05, 4.69) is 39.5 Å². The summed E-state index contributed by atoms with van der Waals surface area (Å²) in [7, 11) is 0. The van der Waals surface area contributed by atoms with Crippen LogP contribution in [0.5, 0.6) is 0 Å². The molecule has 1 aliphatic heterocycles. The number of aromatic nitrogens is 3. The molecule has 1 aliphatic rings. The summed E-state index contributed by atoms with van der Waals surface area (Å²) in [5.74, 6) is -0.958. The molecule has 0 radical (unpaired) electrons. The van der Waals surface area contributed by atoms with Gasteiger partial charge in [-0.2, -0.15) is 0 Å². The lowest BCUT2D eigenvalue weighted by Crippen LogP contribution is -2.29. The Morgan fingerprint density at radius 3 is 2.46 bits per heavy atom. The van der Waals surface area contributed by atoms with Gasteiger partial charge in [0.25, 0.3) is 0 Å². The third kappa shape index (κ3) is 3.31. The summed E-state index contributed by atoms with van der Waals surface area (Å²) in [4.78, 5) is 13.5. The van der Waals surface area contributed by atoms with E-state index < -0.39 is 5.97 Å². The van der Waals surface area contributed by atoms with Crippen LogP contribution in [-0.2, 0) is 0 Å². The van der Waals surface area contributed by atoms with Crippen LogP contribution in [0.25, 0.3) is 16.9 Å². The molecule has 0 atom stereocenters. The third-order valence-electron chi connectivity index (χ3n) is 4.74. The standard InChI is InChI=1S/C20H20N4O2/c25-20(26)16-5-4-6-18(13-16)24-14-19(21-22-24)15-7-9-17(10-8-15)23-11-2-1-3-12-23/h4-10,13-14H,1-3,11-12H2,(H,25,26). The number of carboxylic acid groups (broad SMARTS) is 1. The Labute approximate surface area is 151 Å². The van der Waals surface area contributed by atoms with Crippen LogP contribution in [0.1, 0.15) is 29.6 Å². The maximum Gasteiger partial charge on any atom is 0.335 e. The quantitative estimate of drug-likeness (QED) is 0.780. The van der Waals surface area contributed by atoms with Crippen LogP contribution >= 0.6 is 0 Å². The average molecular weight is 348 g/mol. The number of anilines is 1. The maximum absolute atomic E-state index is 11.1. The van der Waals surface area contributed by atoms with Crippen molar-refractivity contribution in [2.24, 2.45) is 0 Å². The number of rotatable bonds is 4. The molecule has 132 valence electrons. The Morgan fingerprint density at radius 2 is 1.73 bits per heavy atom. The average Bonchev–Trinajstić information content (AvgIpc) is 3.19. The van der Waals surface area contributed by atoms with Gasteiger partial charge in [0.05, 0.1) is 17.4 Å². The number of aromatic carboxylic acids is 1. The molecule has 2 heterocycles. The summed E-state index contributed by atoms with van der Waals surface area (Å²) in [5.41, 5.74) is 3.90. The molecule has 1 saturated heterocycles. The number of hydrogen-bond acceptors (Lipinski definition) is 4. The highest BCUT2D eigenvalue weighted by Crippen LogP contribution is 2.24. The molecule has 2 aromatic carbocycles. The molecule has 0 amide bonds. The minimum absolute atomic E-state index is 0.227. The fourth-order valence-corrected chi connectivity index (χ4v) is 3.30. The Hall–Kier alpha value is -3.15. The van der Waals surface area contributed by atoms with Crippen LogP contribution in [0.15, 0.2) is 54.7 Å². The van der Waals surface area contributed by atoms with Crippen molar-refractivity contribution in [3.8, 4) is 16.9 Å². The van der Waals surface area contributed by atoms with Gasteiger partial charge in [0.15, 0.2) is 0 Å². The van der Waals surface area contributed by atoms with Gasteiger partial charge >= 0.3 is 5.97 Å². The van der Waals surface area contributed by atoms with E-state index in [1.807, 2.05) is 12.3 Å². The molecule has 0 spiro atoms. The van der Waals surface area contributed by atoms with Crippen molar-refractivity contribution in [3.63, 3.8) is 0 Å². The number of carboxylic acids is 1. The van der Waals surface area contributed by atoms with E-state index in [-0.39, 0.29) is 5.56 Å².